The first-order chi connectivity index (χ1) is 5.65. The van der Waals surface area contributed by atoms with Crippen LogP contribution in [0.1, 0.15) is 28.6 Å². The zero-order chi connectivity index (χ0) is 9.14. The van der Waals surface area contributed by atoms with Crippen molar-refractivity contribution in [2.45, 2.75) is 19.8 Å². The number of carboxylic acids is 1. The van der Waals surface area contributed by atoms with Crippen molar-refractivity contribution in [2.24, 2.45) is 0 Å². The molecule has 0 aliphatic heterocycles. The minimum absolute atomic E-state index is 0.384. The fourth-order valence-corrected chi connectivity index (χ4v) is 1.90. The van der Waals surface area contributed by atoms with E-state index in [2.05, 4.69) is 0 Å². The highest BCUT2D eigenvalue weighted by Crippen LogP contribution is 2.25. The Labute approximate surface area is 74.8 Å². The lowest BCUT2D eigenvalue weighted by molar-refractivity contribution is 0.0701. The topological polar surface area (TPSA) is 63.3 Å². The normalized spacial score (nSPS) is 10.1. The third kappa shape index (κ3) is 1.76. The number of nitrogens with two attached hydrogens (primary N) is 1. The Morgan fingerprint density at radius 2 is 2.42 bits per heavy atom. The van der Waals surface area contributed by atoms with Gasteiger partial charge in [-0.2, -0.15) is 0 Å². The Hall–Kier alpha value is -1.03. The molecule has 3 N–H and O–H groups in total. The summed E-state index contributed by atoms with van der Waals surface area (Å²) in [6, 6.07) is 1.75. The van der Waals surface area contributed by atoms with E-state index in [1.807, 2.05) is 6.92 Å². The van der Waals surface area contributed by atoms with Crippen LogP contribution in [0, 0.1) is 0 Å². The molecule has 66 valence electrons. The molecule has 0 atom stereocenters. The van der Waals surface area contributed by atoms with Crippen molar-refractivity contribution < 1.29 is 9.90 Å². The summed E-state index contributed by atoms with van der Waals surface area (Å²) < 4.78 is 0. The van der Waals surface area contributed by atoms with Crippen LogP contribution in [0.3, 0.4) is 0 Å². The largest absolute Gasteiger partial charge is 0.477 e. The van der Waals surface area contributed by atoms with Crippen molar-refractivity contribution in [3.63, 3.8) is 0 Å². The van der Waals surface area contributed by atoms with Gasteiger partial charge in [0.1, 0.15) is 4.88 Å². The third-order valence-electron chi connectivity index (χ3n) is 1.54. The second kappa shape index (κ2) is 3.58. The first kappa shape index (κ1) is 9.06. The van der Waals surface area contributed by atoms with E-state index in [4.69, 9.17) is 10.8 Å². The van der Waals surface area contributed by atoms with Crippen LogP contribution < -0.4 is 5.73 Å². The van der Waals surface area contributed by atoms with Gasteiger partial charge in [0, 0.05) is 0 Å². The Balaban J connectivity index is 2.99. The lowest BCUT2D eigenvalue weighted by Gasteiger charge is -1.94. The van der Waals surface area contributed by atoms with Crippen molar-refractivity contribution in [1.82, 2.24) is 0 Å². The van der Waals surface area contributed by atoms with Gasteiger partial charge < -0.3 is 10.8 Å². The molecule has 0 bridgehead atoms. The highest BCUT2D eigenvalue weighted by atomic mass is 32.1. The van der Waals surface area contributed by atoms with Crippen LogP contribution in [-0.2, 0) is 6.42 Å². The van der Waals surface area contributed by atoms with Crippen LogP contribution >= 0.6 is 11.3 Å². The van der Waals surface area contributed by atoms with Crippen molar-refractivity contribution in [2.75, 3.05) is 5.73 Å². The molecule has 0 saturated carbocycles. The summed E-state index contributed by atoms with van der Waals surface area (Å²) in [5, 5.41) is 9.34. The molecule has 0 fully saturated rings. The summed E-state index contributed by atoms with van der Waals surface area (Å²) in [7, 11) is 0. The number of aryl methyl sites for hydroxylation is 1. The maximum atomic E-state index is 10.7. The molecule has 1 heterocycles. The molecule has 1 rings (SSSR count). The smallest absolute Gasteiger partial charge is 0.346 e. The number of carbonyl (C=O) groups is 1. The van der Waals surface area contributed by atoms with Gasteiger partial charge in [-0.15, -0.1) is 11.3 Å². The summed E-state index contributed by atoms with van der Waals surface area (Å²) >= 11 is 1.14. The van der Waals surface area contributed by atoms with E-state index < -0.39 is 5.97 Å². The Morgan fingerprint density at radius 1 is 1.75 bits per heavy atom. The zero-order valence-electron chi connectivity index (χ0n) is 6.83. The molecule has 1 aromatic heterocycles. The Bertz CT molecular complexity index is 293. The Morgan fingerprint density at radius 3 is 2.92 bits per heavy atom. The number of thiophene rings is 1. The van der Waals surface area contributed by atoms with E-state index in [-0.39, 0.29) is 0 Å². The van der Waals surface area contributed by atoms with Crippen molar-refractivity contribution in [3.8, 4) is 0 Å². The zero-order valence-corrected chi connectivity index (χ0v) is 7.65. The molecule has 0 amide bonds. The van der Waals surface area contributed by atoms with Crippen LogP contribution in [0.15, 0.2) is 6.07 Å². The van der Waals surface area contributed by atoms with Gasteiger partial charge in [0.25, 0.3) is 0 Å². The number of aromatic carboxylic acids is 1. The van der Waals surface area contributed by atoms with Crippen LogP contribution in [-0.4, -0.2) is 11.1 Å². The molecule has 0 radical (unpaired) electrons. The van der Waals surface area contributed by atoms with Gasteiger partial charge in [-0.25, -0.2) is 4.79 Å². The fourth-order valence-electron chi connectivity index (χ4n) is 1.09. The van der Waals surface area contributed by atoms with Gasteiger partial charge >= 0.3 is 5.97 Å². The average Bonchev–Trinajstić information content (AvgIpc) is 2.32. The lowest BCUT2D eigenvalue weighted by Crippen LogP contribution is -1.96. The average molecular weight is 185 g/mol. The van der Waals surface area contributed by atoms with Crippen molar-refractivity contribution in [1.29, 1.82) is 0 Å². The second-order valence-corrected chi connectivity index (χ2v) is 3.64. The summed E-state index contributed by atoms with van der Waals surface area (Å²) in [6.45, 7) is 2.01. The SMILES string of the molecule is CCCc1cc(N)sc1C(=O)O. The quantitative estimate of drug-likeness (QED) is 0.756. The van der Waals surface area contributed by atoms with Crippen LogP contribution in [0.4, 0.5) is 5.00 Å². The minimum atomic E-state index is -0.875. The molecule has 12 heavy (non-hydrogen) atoms. The summed E-state index contributed by atoms with van der Waals surface area (Å²) in [6.07, 6.45) is 1.73. The molecule has 0 saturated heterocycles. The first-order valence-corrected chi connectivity index (χ1v) is 4.58. The van der Waals surface area contributed by atoms with E-state index >= 15 is 0 Å². The predicted octanol–water partition coefficient (Wildman–Crippen LogP) is 1.98. The van der Waals surface area contributed by atoms with E-state index in [0.717, 1.165) is 29.7 Å². The minimum Gasteiger partial charge on any atom is -0.477 e. The molecule has 0 unspecified atom stereocenters. The fraction of sp³-hybridized carbons (Fsp3) is 0.375. The maximum absolute atomic E-state index is 10.7. The maximum Gasteiger partial charge on any atom is 0.346 e. The van der Waals surface area contributed by atoms with Crippen LogP contribution in [0.2, 0.25) is 0 Å². The number of anilines is 1. The lowest BCUT2D eigenvalue weighted by atomic mass is 10.1. The molecular weight excluding hydrogens is 174 g/mol. The van der Waals surface area contributed by atoms with E-state index in [9.17, 15) is 4.79 Å². The summed E-state index contributed by atoms with van der Waals surface area (Å²) in [5.74, 6) is -0.875. The molecule has 0 aliphatic rings. The van der Waals surface area contributed by atoms with E-state index in [1.165, 1.54) is 0 Å². The number of rotatable bonds is 3. The molecular formula is C8H11NO2S. The molecule has 3 nitrogen and oxygen atoms in total. The number of nitrogen functional groups attached to an aromatic ring is 1. The highest BCUT2D eigenvalue weighted by Gasteiger charge is 2.12. The highest BCUT2D eigenvalue weighted by molar-refractivity contribution is 7.17. The number of hydrogen-bond donors (Lipinski definition) is 2. The first-order valence-electron chi connectivity index (χ1n) is 3.76. The van der Waals surface area contributed by atoms with E-state index in [0.29, 0.717) is 9.88 Å². The van der Waals surface area contributed by atoms with Crippen LogP contribution in [0.5, 0.6) is 0 Å². The van der Waals surface area contributed by atoms with Gasteiger partial charge in [0.15, 0.2) is 0 Å². The number of carboxylic acid groups (broad SMARTS) is 1. The van der Waals surface area contributed by atoms with Gasteiger partial charge in [0.05, 0.1) is 5.00 Å². The van der Waals surface area contributed by atoms with E-state index in [1.54, 1.807) is 6.07 Å². The monoisotopic (exact) mass is 185 g/mol. The van der Waals surface area contributed by atoms with Gasteiger partial charge in [-0.3, -0.25) is 0 Å². The van der Waals surface area contributed by atoms with Gasteiger partial charge in [0.2, 0.25) is 0 Å². The second-order valence-electron chi connectivity index (χ2n) is 2.56. The van der Waals surface area contributed by atoms with Gasteiger partial charge in [-0.05, 0) is 18.1 Å². The number of hydrogen-bond acceptors (Lipinski definition) is 3. The van der Waals surface area contributed by atoms with Crippen molar-refractivity contribution >= 4 is 22.3 Å². The molecule has 0 aromatic carbocycles. The standard InChI is InChI=1S/C8H11NO2S/c1-2-3-5-4-6(9)12-7(5)8(10)11/h4H,2-3,9H2,1H3,(H,10,11). The predicted molar refractivity (Wildman–Crippen MR) is 49.7 cm³/mol. The molecule has 1 aromatic rings. The van der Waals surface area contributed by atoms with Gasteiger partial charge in [-0.1, -0.05) is 13.3 Å². The summed E-state index contributed by atoms with van der Waals surface area (Å²) in [5.41, 5.74) is 6.36. The van der Waals surface area contributed by atoms with Crippen molar-refractivity contribution in [3.05, 3.63) is 16.5 Å². The summed E-state index contributed by atoms with van der Waals surface area (Å²) in [4.78, 5) is 11.0. The Kier molecular flexibility index (Phi) is 2.70. The molecule has 0 spiro atoms. The third-order valence-corrected chi connectivity index (χ3v) is 2.54. The molecule has 0 aliphatic carbocycles. The van der Waals surface area contributed by atoms with Crippen LogP contribution in [0.25, 0.3) is 0 Å². The molecule has 4 heteroatoms.